The van der Waals surface area contributed by atoms with Gasteiger partial charge in [0.2, 0.25) is 0 Å². The molecule has 1 aromatic carbocycles. The maximum absolute atomic E-state index is 12.4. The first kappa shape index (κ1) is 10.7. The number of allylic oxidation sites excluding steroid dienone is 3. The number of benzene rings is 1. The monoisotopic (exact) mass is 251 g/mol. The Balaban J connectivity index is 1.74. The van der Waals surface area contributed by atoms with Gasteiger partial charge in [-0.2, -0.15) is 0 Å². The summed E-state index contributed by atoms with van der Waals surface area (Å²) in [4.78, 5) is 26.3. The predicted molar refractivity (Wildman–Crippen MR) is 70.6 cm³/mol. The summed E-state index contributed by atoms with van der Waals surface area (Å²) < 4.78 is 0. The minimum absolute atomic E-state index is 0.0904. The summed E-state index contributed by atoms with van der Waals surface area (Å²) >= 11 is 0. The Morgan fingerprint density at radius 1 is 0.947 bits per heavy atom. The Bertz CT molecular complexity index is 609. The van der Waals surface area contributed by atoms with E-state index in [2.05, 4.69) is 6.08 Å². The SMILES string of the molecule is O=C1c2ccccc2C(=O)N1[C@H]1C=CC=C[C@H]2C[C@H]21. The number of amides is 2. The van der Waals surface area contributed by atoms with Gasteiger partial charge in [-0.05, 0) is 30.4 Å². The van der Waals surface area contributed by atoms with E-state index in [1.54, 1.807) is 24.3 Å². The van der Waals surface area contributed by atoms with Crippen LogP contribution < -0.4 is 0 Å². The van der Waals surface area contributed by atoms with Crippen LogP contribution in [-0.4, -0.2) is 22.8 Å². The van der Waals surface area contributed by atoms with Gasteiger partial charge in [0.15, 0.2) is 0 Å². The van der Waals surface area contributed by atoms with Gasteiger partial charge >= 0.3 is 0 Å². The van der Waals surface area contributed by atoms with E-state index in [4.69, 9.17) is 0 Å². The molecule has 2 amide bonds. The molecular weight excluding hydrogens is 238 g/mol. The molecule has 3 aliphatic rings. The number of carbonyl (C=O) groups is 2. The summed E-state index contributed by atoms with van der Waals surface area (Å²) in [7, 11) is 0. The van der Waals surface area contributed by atoms with E-state index >= 15 is 0 Å². The summed E-state index contributed by atoms with van der Waals surface area (Å²) in [5.41, 5.74) is 1.07. The molecule has 0 bridgehead atoms. The molecule has 3 atom stereocenters. The summed E-state index contributed by atoms with van der Waals surface area (Å²) in [6.45, 7) is 0. The van der Waals surface area contributed by atoms with Crippen LogP contribution in [0.25, 0.3) is 0 Å². The molecule has 1 fully saturated rings. The van der Waals surface area contributed by atoms with Crippen LogP contribution in [0, 0.1) is 11.8 Å². The van der Waals surface area contributed by atoms with Crippen LogP contribution in [0.2, 0.25) is 0 Å². The fourth-order valence-corrected chi connectivity index (χ4v) is 3.13. The first-order valence-electron chi connectivity index (χ1n) is 6.59. The molecule has 0 radical (unpaired) electrons. The number of hydrogen-bond acceptors (Lipinski definition) is 2. The van der Waals surface area contributed by atoms with Crippen molar-refractivity contribution in [1.29, 1.82) is 0 Å². The second-order valence-corrected chi connectivity index (χ2v) is 5.35. The quantitative estimate of drug-likeness (QED) is 0.719. The molecule has 1 heterocycles. The number of fused-ring (bicyclic) bond motifs is 2. The molecule has 0 N–H and O–H groups in total. The highest BCUT2D eigenvalue weighted by atomic mass is 16.2. The van der Waals surface area contributed by atoms with Crippen molar-refractivity contribution in [1.82, 2.24) is 4.90 Å². The molecule has 1 aliphatic heterocycles. The largest absolute Gasteiger partial charge is 0.269 e. The van der Waals surface area contributed by atoms with Gasteiger partial charge in [0.1, 0.15) is 0 Å². The fraction of sp³-hybridized carbons (Fsp3) is 0.250. The van der Waals surface area contributed by atoms with Crippen LogP contribution in [0.1, 0.15) is 27.1 Å². The van der Waals surface area contributed by atoms with Crippen LogP contribution in [0.4, 0.5) is 0 Å². The van der Waals surface area contributed by atoms with E-state index in [-0.39, 0.29) is 17.9 Å². The highest BCUT2D eigenvalue weighted by Gasteiger charge is 2.49. The van der Waals surface area contributed by atoms with Crippen molar-refractivity contribution >= 4 is 11.8 Å². The van der Waals surface area contributed by atoms with Crippen molar-refractivity contribution in [2.75, 3.05) is 0 Å². The standard InChI is InChI=1S/C16H13NO2/c18-15-11-6-2-3-7-12(11)16(19)17(15)14-8-4-1-5-10-9-13(10)14/h1-8,10,13-14H,9H2/t10-,13+,14-/m0/s1. The van der Waals surface area contributed by atoms with E-state index in [1.165, 1.54) is 4.90 Å². The molecule has 0 saturated heterocycles. The average molecular weight is 251 g/mol. The van der Waals surface area contributed by atoms with Crippen molar-refractivity contribution in [3.05, 3.63) is 59.7 Å². The molecule has 3 heteroatoms. The zero-order valence-corrected chi connectivity index (χ0v) is 10.3. The van der Waals surface area contributed by atoms with Crippen LogP contribution in [0.5, 0.6) is 0 Å². The highest BCUT2D eigenvalue weighted by Crippen LogP contribution is 2.47. The minimum atomic E-state index is -0.150. The summed E-state index contributed by atoms with van der Waals surface area (Å²) in [6.07, 6.45) is 9.18. The molecular formula is C16H13NO2. The van der Waals surface area contributed by atoms with Gasteiger partial charge in [0.25, 0.3) is 11.8 Å². The van der Waals surface area contributed by atoms with E-state index in [1.807, 2.05) is 18.2 Å². The van der Waals surface area contributed by atoms with E-state index < -0.39 is 0 Å². The molecule has 1 saturated carbocycles. The van der Waals surface area contributed by atoms with Crippen molar-refractivity contribution in [2.45, 2.75) is 12.5 Å². The first-order chi connectivity index (χ1) is 9.27. The molecule has 2 aliphatic carbocycles. The summed E-state index contributed by atoms with van der Waals surface area (Å²) in [5, 5.41) is 0. The maximum Gasteiger partial charge on any atom is 0.262 e. The molecule has 0 unspecified atom stereocenters. The molecule has 4 rings (SSSR count). The zero-order valence-electron chi connectivity index (χ0n) is 10.3. The predicted octanol–water partition coefficient (Wildman–Crippen LogP) is 2.41. The maximum atomic E-state index is 12.4. The van der Waals surface area contributed by atoms with E-state index in [0.717, 1.165) is 6.42 Å². The van der Waals surface area contributed by atoms with Gasteiger partial charge < -0.3 is 0 Å². The van der Waals surface area contributed by atoms with Crippen molar-refractivity contribution in [3.8, 4) is 0 Å². The molecule has 19 heavy (non-hydrogen) atoms. The van der Waals surface area contributed by atoms with Crippen molar-refractivity contribution < 1.29 is 9.59 Å². The lowest BCUT2D eigenvalue weighted by Crippen LogP contribution is -2.40. The van der Waals surface area contributed by atoms with Crippen LogP contribution in [0.3, 0.4) is 0 Å². The number of rotatable bonds is 1. The third kappa shape index (κ3) is 1.44. The zero-order chi connectivity index (χ0) is 13.0. The normalized spacial score (nSPS) is 31.2. The molecule has 3 nitrogen and oxygen atoms in total. The average Bonchev–Trinajstić information content (AvgIpc) is 3.16. The fourth-order valence-electron chi connectivity index (χ4n) is 3.13. The van der Waals surface area contributed by atoms with Crippen LogP contribution >= 0.6 is 0 Å². The lowest BCUT2D eigenvalue weighted by atomic mass is 10.1. The van der Waals surface area contributed by atoms with Gasteiger partial charge in [0, 0.05) is 0 Å². The molecule has 0 aromatic heterocycles. The Kier molecular flexibility index (Phi) is 2.07. The Labute approximate surface area is 111 Å². The Morgan fingerprint density at radius 3 is 2.26 bits per heavy atom. The highest BCUT2D eigenvalue weighted by molar-refractivity contribution is 6.21. The van der Waals surface area contributed by atoms with Crippen LogP contribution in [0.15, 0.2) is 48.6 Å². The summed E-state index contributed by atoms with van der Waals surface area (Å²) in [6, 6.07) is 6.99. The van der Waals surface area contributed by atoms with Gasteiger partial charge in [-0.3, -0.25) is 14.5 Å². The number of nitrogens with zero attached hydrogens (tertiary/aromatic N) is 1. The third-order valence-corrected chi connectivity index (χ3v) is 4.23. The van der Waals surface area contributed by atoms with Crippen LogP contribution in [-0.2, 0) is 0 Å². The lowest BCUT2D eigenvalue weighted by Gasteiger charge is -2.23. The van der Waals surface area contributed by atoms with Gasteiger partial charge in [-0.15, -0.1) is 0 Å². The minimum Gasteiger partial charge on any atom is -0.269 e. The first-order valence-corrected chi connectivity index (χ1v) is 6.59. The van der Waals surface area contributed by atoms with Gasteiger partial charge in [-0.1, -0.05) is 36.4 Å². The number of hydrogen-bond donors (Lipinski definition) is 0. The lowest BCUT2D eigenvalue weighted by molar-refractivity contribution is 0.0598. The Morgan fingerprint density at radius 2 is 1.58 bits per heavy atom. The second kappa shape index (κ2) is 3.67. The van der Waals surface area contributed by atoms with Crippen molar-refractivity contribution in [3.63, 3.8) is 0 Å². The molecule has 0 spiro atoms. The molecule has 1 aromatic rings. The Hall–Kier alpha value is -2.16. The topological polar surface area (TPSA) is 37.4 Å². The second-order valence-electron chi connectivity index (χ2n) is 5.35. The van der Waals surface area contributed by atoms with E-state index in [0.29, 0.717) is 23.0 Å². The number of carbonyl (C=O) groups excluding carboxylic acids is 2. The van der Waals surface area contributed by atoms with Gasteiger partial charge in [0.05, 0.1) is 17.2 Å². The molecule has 94 valence electrons. The van der Waals surface area contributed by atoms with Gasteiger partial charge in [-0.25, -0.2) is 0 Å². The third-order valence-electron chi connectivity index (χ3n) is 4.23. The van der Waals surface area contributed by atoms with Crippen molar-refractivity contribution in [2.24, 2.45) is 11.8 Å². The smallest absolute Gasteiger partial charge is 0.262 e. The van der Waals surface area contributed by atoms with E-state index in [9.17, 15) is 9.59 Å². The summed E-state index contributed by atoms with van der Waals surface area (Å²) in [5.74, 6) is 0.618. The number of imide groups is 1.